The van der Waals surface area contributed by atoms with Gasteiger partial charge in [0, 0.05) is 45.9 Å². The number of hydrogen-bond donors (Lipinski definition) is 2. The molecule has 0 spiro atoms. The van der Waals surface area contributed by atoms with Crippen LogP contribution in [-0.4, -0.2) is 63.8 Å². The van der Waals surface area contributed by atoms with Crippen LogP contribution in [0.4, 0.5) is 0 Å². The van der Waals surface area contributed by atoms with Gasteiger partial charge in [0.2, 0.25) is 0 Å². The number of likely N-dealkylation sites (N-methyl/N-ethyl adjacent to an activating group) is 1. The monoisotopic (exact) mass is 452 g/mol. The van der Waals surface area contributed by atoms with Crippen molar-refractivity contribution in [2.45, 2.75) is 64.0 Å². The van der Waals surface area contributed by atoms with Crippen molar-refractivity contribution in [2.24, 2.45) is 10.4 Å². The maximum absolute atomic E-state index is 5.32. The number of guanidine groups is 1. The molecule has 0 bridgehead atoms. The summed E-state index contributed by atoms with van der Waals surface area (Å²) < 4.78 is 5.32. The van der Waals surface area contributed by atoms with Crippen LogP contribution in [-0.2, 0) is 4.74 Å². The van der Waals surface area contributed by atoms with Crippen LogP contribution in [0.3, 0.4) is 0 Å². The summed E-state index contributed by atoms with van der Waals surface area (Å²) in [4.78, 5) is 6.88. The fourth-order valence-electron chi connectivity index (χ4n) is 3.68. The Kier molecular flexibility index (Phi) is 9.89. The van der Waals surface area contributed by atoms with Crippen molar-refractivity contribution >= 4 is 29.9 Å². The van der Waals surface area contributed by atoms with Crippen molar-refractivity contribution in [1.29, 1.82) is 0 Å². The molecule has 2 aliphatic rings. The van der Waals surface area contributed by atoms with Crippen molar-refractivity contribution in [3.05, 3.63) is 0 Å². The highest BCUT2D eigenvalue weighted by Gasteiger charge is 2.33. The summed E-state index contributed by atoms with van der Waals surface area (Å²) in [5.41, 5.74) is 0.393. The number of ether oxygens (including phenoxy) is 1. The maximum atomic E-state index is 5.32. The van der Waals surface area contributed by atoms with Gasteiger partial charge in [0.1, 0.15) is 0 Å². The first-order valence-corrected chi connectivity index (χ1v) is 9.25. The molecule has 2 N–H and O–H groups in total. The van der Waals surface area contributed by atoms with E-state index in [1.807, 2.05) is 7.05 Å². The zero-order chi connectivity index (χ0) is 16.7. The third-order valence-electron chi connectivity index (χ3n) is 5.74. The summed E-state index contributed by atoms with van der Waals surface area (Å²) in [5.74, 6) is 0.935. The zero-order valence-corrected chi connectivity index (χ0v) is 18.3. The molecule has 2 fully saturated rings. The van der Waals surface area contributed by atoms with E-state index in [0.717, 1.165) is 38.1 Å². The van der Waals surface area contributed by atoms with Crippen molar-refractivity contribution < 1.29 is 4.74 Å². The van der Waals surface area contributed by atoms with Crippen LogP contribution in [0.1, 0.15) is 51.9 Å². The van der Waals surface area contributed by atoms with E-state index in [2.05, 4.69) is 34.5 Å². The summed E-state index contributed by atoms with van der Waals surface area (Å²) in [5, 5.41) is 7.06. The zero-order valence-electron chi connectivity index (χ0n) is 15.9. The van der Waals surface area contributed by atoms with E-state index < -0.39 is 0 Å². The SMILES string of the molecule is CN=C(NCC(C)N(C)C1CC1)NCC1(CCOC)CCCC1.I. The average Bonchev–Trinajstić information content (AvgIpc) is 3.32. The van der Waals surface area contributed by atoms with Crippen LogP contribution in [0.25, 0.3) is 0 Å². The van der Waals surface area contributed by atoms with E-state index in [1.165, 1.54) is 38.5 Å². The number of halogens is 1. The Morgan fingerprint density at radius 1 is 1.29 bits per heavy atom. The van der Waals surface area contributed by atoms with Crippen LogP contribution in [0, 0.1) is 5.41 Å². The molecule has 0 aromatic carbocycles. The second-order valence-electron chi connectivity index (χ2n) is 7.50. The number of methoxy groups -OCH3 is 1. The van der Waals surface area contributed by atoms with Gasteiger partial charge in [0.15, 0.2) is 5.96 Å². The molecule has 0 aromatic rings. The number of aliphatic imine (C=N–C) groups is 1. The van der Waals surface area contributed by atoms with Gasteiger partial charge in [-0.15, -0.1) is 24.0 Å². The highest BCUT2D eigenvalue weighted by molar-refractivity contribution is 14.0. The molecular formula is C18H37IN4O. The second kappa shape index (κ2) is 10.8. The lowest BCUT2D eigenvalue weighted by Gasteiger charge is -2.30. The highest BCUT2D eigenvalue weighted by Crippen LogP contribution is 2.40. The van der Waals surface area contributed by atoms with Crippen molar-refractivity contribution in [3.63, 3.8) is 0 Å². The number of rotatable bonds is 9. The number of nitrogens with zero attached hydrogens (tertiary/aromatic N) is 2. The Labute approximate surface area is 165 Å². The van der Waals surface area contributed by atoms with Gasteiger partial charge in [0.05, 0.1) is 0 Å². The largest absolute Gasteiger partial charge is 0.385 e. The van der Waals surface area contributed by atoms with E-state index >= 15 is 0 Å². The minimum Gasteiger partial charge on any atom is -0.385 e. The van der Waals surface area contributed by atoms with Gasteiger partial charge in [-0.2, -0.15) is 0 Å². The van der Waals surface area contributed by atoms with Gasteiger partial charge in [-0.05, 0) is 51.5 Å². The van der Waals surface area contributed by atoms with E-state index in [9.17, 15) is 0 Å². The highest BCUT2D eigenvalue weighted by atomic mass is 127. The molecule has 0 amide bonds. The fraction of sp³-hybridized carbons (Fsp3) is 0.944. The van der Waals surface area contributed by atoms with Crippen molar-refractivity contribution in [3.8, 4) is 0 Å². The van der Waals surface area contributed by atoms with Gasteiger partial charge < -0.3 is 15.4 Å². The Hall–Kier alpha value is -0.0800. The summed E-state index contributed by atoms with van der Waals surface area (Å²) in [6, 6.07) is 1.34. The quantitative estimate of drug-likeness (QED) is 0.321. The summed E-state index contributed by atoms with van der Waals surface area (Å²) in [6.07, 6.45) is 9.17. The molecule has 0 radical (unpaired) electrons. The maximum Gasteiger partial charge on any atom is 0.191 e. The van der Waals surface area contributed by atoms with E-state index in [0.29, 0.717) is 11.5 Å². The normalized spacial score (nSPS) is 21.5. The molecule has 0 aliphatic heterocycles. The van der Waals surface area contributed by atoms with Crippen LogP contribution in [0.5, 0.6) is 0 Å². The lowest BCUT2D eigenvalue weighted by Crippen LogP contribution is -2.47. The minimum atomic E-state index is 0. The second-order valence-corrected chi connectivity index (χ2v) is 7.50. The van der Waals surface area contributed by atoms with Crippen LogP contribution in [0.2, 0.25) is 0 Å². The van der Waals surface area contributed by atoms with E-state index in [4.69, 9.17) is 4.74 Å². The van der Waals surface area contributed by atoms with Crippen LogP contribution >= 0.6 is 24.0 Å². The molecule has 5 nitrogen and oxygen atoms in total. The van der Waals surface area contributed by atoms with Gasteiger partial charge in [-0.3, -0.25) is 9.89 Å². The first kappa shape index (κ1) is 22.0. The minimum absolute atomic E-state index is 0. The van der Waals surface area contributed by atoms with E-state index in [1.54, 1.807) is 7.11 Å². The standard InChI is InChI=1S/C18H36N4O.HI/c1-15(22(3)16-7-8-16)13-20-17(19-2)21-14-18(11-12-23-4)9-5-6-10-18;/h15-16H,5-14H2,1-4H3,(H2,19,20,21);1H. The Bertz CT molecular complexity index is 381. The third-order valence-corrected chi connectivity index (χ3v) is 5.74. The lowest BCUT2D eigenvalue weighted by molar-refractivity contribution is 0.138. The number of hydrogen-bond acceptors (Lipinski definition) is 3. The molecule has 2 rings (SSSR count). The lowest BCUT2D eigenvalue weighted by atomic mass is 9.83. The molecule has 6 heteroatoms. The predicted molar refractivity (Wildman–Crippen MR) is 112 cm³/mol. The topological polar surface area (TPSA) is 48.9 Å². The van der Waals surface area contributed by atoms with Crippen molar-refractivity contribution in [2.75, 3.05) is 40.9 Å². The summed E-state index contributed by atoms with van der Waals surface area (Å²) >= 11 is 0. The number of nitrogens with one attached hydrogen (secondary N) is 2. The Morgan fingerprint density at radius 3 is 2.50 bits per heavy atom. The molecule has 24 heavy (non-hydrogen) atoms. The molecule has 0 aromatic heterocycles. The molecule has 2 aliphatic carbocycles. The summed E-state index contributed by atoms with van der Waals surface area (Å²) in [6.45, 7) is 5.09. The van der Waals surface area contributed by atoms with Crippen molar-refractivity contribution in [1.82, 2.24) is 15.5 Å². The Balaban J connectivity index is 0.00000288. The molecule has 142 valence electrons. The van der Waals surface area contributed by atoms with Gasteiger partial charge in [0.25, 0.3) is 0 Å². The Morgan fingerprint density at radius 2 is 1.96 bits per heavy atom. The molecule has 0 heterocycles. The summed E-state index contributed by atoms with van der Waals surface area (Å²) in [7, 11) is 5.90. The van der Waals surface area contributed by atoms with Crippen LogP contribution in [0.15, 0.2) is 4.99 Å². The molecule has 1 atom stereocenters. The van der Waals surface area contributed by atoms with Crippen LogP contribution < -0.4 is 10.6 Å². The average molecular weight is 452 g/mol. The smallest absolute Gasteiger partial charge is 0.191 e. The first-order valence-electron chi connectivity index (χ1n) is 9.25. The first-order chi connectivity index (χ1) is 11.1. The van der Waals surface area contributed by atoms with Gasteiger partial charge >= 0.3 is 0 Å². The molecule has 0 saturated heterocycles. The fourth-order valence-corrected chi connectivity index (χ4v) is 3.68. The predicted octanol–water partition coefficient (Wildman–Crippen LogP) is 2.85. The molecular weight excluding hydrogens is 415 g/mol. The molecule has 1 unspecified atom stereocenters. The van der Waals surface area contributed by atoms with Gasteiger partial charge in [-0.25, -0.2) is 0 Å². The van der Waals surface area contributed by atoms with Gasteiger partial charge in [-0.1, -0.05) is 12.8 Å². The van der Waals surface area contributed by atoms with E-state index in [-0.39, 0.29) is 24.0 Å². The third kappa shape index (κ3) is 6.67. The molecule has 2 saturated carbocycles.